The molecule has 0 aliphatic rings. The zero-order valence-electron chi connectivity index (χ0n) is 22.8. The molecule has 4 nitrogen and oxygen atoms in total. The maximum Gasteiger partial charge on any atom is 0.0893 e. The molecule has 2 heterocycles. The second kappa shape index (κ2) is 12.1. The topological polar surface area (TPSA) is 51.6 Å². The molecule has 0 spiro atoms. The fourth-order valence-corrected chi connectivity index (χ4v) is 5.12. The third-order valence-corrected chi connectivity index (χ3v) is 8.41. The summed E-state index contributed by atoms with van der Waals surface area (Å²) in [4.78, 5) is 20.1. The Morgan fingerprint density at radius 2 is 1.26 bits per heavy atom. The van der Waals surface area contributed by atoms with Gasteiger partial charge in [-0.1, -0.05) is 72.3 Å². The van der Waals surface area contributed by atoms with E-state index in [4.69, 9.17) is 19.9 Å². The molecule has 6 heteroatoms. The van der Waals surface area contributed by atoms with Gasteiger partial charge in [0.15, 0.2) is 0 Å². The Morgan fingerprint density at radius 3 is 1.80 bits per heavy atom. The first-order valence-corrected chi connectivity index (χ1v) is 14.9. The van der Waals surface area contributed by atoms with Crippen molar-refractivity contribution in [3.8, 4) is 0 Å². The van der Waals surface area contributed by atoms with Crippen LogP contribution in [0.5, 0.6) is 0 Å². The van der Waals surface area contributed by atoms with Crippen LogP contribution in [0.15, 0.2) is 24.4 Å². The predicted octanol–water partition coefficient (Wildman–Crippen LogP) is 9.12. The smallest absolute Gasteiger partial charge is 0.0893 e. The molecule has 0 amide bonds. The van der Waals surface area contributed by atoms with Gasteiger partial charge in [-0.2, -0.15) is 0 Å². The van der Waals surface area contributed by atoms with Crippen molar-refractivity contribution in [1.82, 2.24) is 19.9 Å². The van der Waals surface area contributed by atoms with Crippen molar-refractivity contribution in [2.75, 3.05) is 0 Å². The predicted molar refractivity (Wildman–Crippen MR) is 155 cm³/mol. The van der Waals surface area contributed by atoms with E-state index >= 15 is 0 Å². The number of thiol groups is 1. The van der Waals surface area contributed by atoms with Gasteiger partial charge in [0.25, 0.3) is 0 Å². The Balaban J connectivity index is 1.89. The van der Waals surface area contributed by atoms with Crippen molar-refractivity contribution in [3.05, 3.63) is 58.4 Å². The molecule has 0 radical (unpaired) electrons. The number of nitrogens with zero attached hydrogens (tertiary/aromatic N) is 4. The summed E-state index contributed by atoms with van der Waals surface area (Å²) in [6.45, 7) is 20.0. The Kier molecular flexibility index (Phi) is 9.61. The summed E-state index contributed by atoms with van der Waals surface area (Å²) in [7, 11) is 1.56. The van der Waals surface area contributed by atoms with Crippen molar-refractivity contribution >= 4 is 33.5 Å². The molecule has 1 aromatic carbocycles. The summed E-state index contributed by atoms with van der Waals surface area (Å²) < 4.78 is 0. The normalized spacial score (nSPS) is 14.8. The Morgan fingerprint density at radius 1 is 0.686 bits per heavy atom. The molecule has 3 atom stereocenters. The van der Waals surface area contributed by atoms with Crippen LogP contribution in [0, 0.1) is 0 Å². The lowest BCUT2D eigenvalue weighted by atomic mass is 9.89. The molecule has 190 valence electrons. The number of fused-ring (bicyclic) bond motifs is 1. The van der Waals surface area contributed by atoms with Gasteiger partial charge >= 0.3 is 0 Å². The minimum Gasteiger partial charge on any atom is -0.257 e. The van der Waals surface area contributed by atoms with Crippen molar-refractivity contribution < 1.29 is 0 Å². The summed E-state index contributed by atoms with van der Waals surface area (Å²) in [5.74, 6) is 1.73. The van der Waals surface area contributed by atoms with Crippen molar-refractivity contribution in [2.45, 2.75) is 110 Å². The number of hydrogen-bond donors (Lipinski definition) is 1. The van der Waals surface area contributed by atoms with Crippen LogP contribution in [-0.4, -0.2) is 19.9 Å². The lowest BCUT2D eigenvalue weighted by molar-refractivity contribution is 0.540. The van der Waals surface area contributed by atoms with Gasteiger partial charge in [0.05, 0.1) is 39.5 Å². The Bertz CT molecular complexity index is 1140. The first kappa shape index (κ1) is 27.9. The van der Waals surface area contributed by atoms with Crippen molar-refractivity contribution in [2.24, 2.45) is 0 Å². The number of rotatable bonds is 10. The molecule has 0 fully saturated rings. The van der Waals surface area contributed by atoms with E-state index in [0.717, 1.165) is 52.3 Å². The molecule has 3 rings (SSSR count). The summed E-state index contributed by atoms with van der Waals surface area (Å²) in [6.07, 6.45) is 4.04. The number of hydrogen-bond acceptors (Lipinski definition) is 6. The van der Waals surface area contributed by atoms with Crippen LogP contribution >= 0.6 is 22.5 Å². The SMILES string of the molecule is CC(C)c1cnc(C(C)C)c(C(C)CCC(C)c2nc3cc(C(C)SS)ccc3nc2C(C)C)n1. The maximum atomic E-state index is 5.18. The van der Waals surface area contributed by atoms with Gasteiger partial charge in [0.1, 0.15) is 0 Å². The molecule has 0 N–H and O–H groups in total. The van der Waals surface area contributed by atoms with Gasteiger partial charge in [-0.05, 0) is 55.2 Å². The first-order chi connectivity index (χ1) is 16.5. The molecule has 3 unspecified atom stereocenters. The third kappa shape index (κ3) is 6.56. The molecule has 3 aromatic rings. The third-order valence-electron chi connectivity index (χ3n) is 6.87. The number of aromatic nitrogens is 4. The minimum atomic E-state index is 0.314. The molecule has 0 saturated carbocycles. The highest BCUT2D eigenvalue weighted by molar-refractivity contribution is 8.68. The van der Waals surface area contributed by atoms with E-state index in [1.165, 1.54) is 5.56 Å². The minimum absolute atomic E-state index is 0.314. The van der Waals surface area contributed by atoms with E-state index in [1.54, 1.807) is 10.8 Å². The van der Waals surface area contributed by atoms with Gasteiger partial charge in [-0.3, -0.25) is 9.97 Å². The van der Waals surface area contributed by atoms with Gasteiger partial charge in [-0.25, -0.2) is 9.97 Å². The van der Waals surface area contributed by atoms with E-state index in [2.05, 4.69) is 92.2 Å². The van der Waals surface area contributed by atoms with E-state index in [-0.39, 0.29) is 0 Å². The molecular formula is C29H42N4S2. The van der Waals surface area contributed by atoms with Crippen LogP contribution in [0.4, 0.5) is 0 Å². The lowest BCUT2D eigenvalue weighted by Gasteiger charge is -2.22. The average Bonchev–Trinajstić information content (AvgIpc) is 2.84. The largest absolute Gasteiger partial charge is 0.257 e. The molecule has 0 aliphatic heterocycles. The molecule has 0 aliphatic carbocycles. The lowest BCUT2D eigenvalue weighted by Crippen LogP contribution is -2.12. The molecular weight excluding hydrogens is 468 g/mol. The van der Waals surface area contributed by atoms with Crippen LogP contribution in [0.1, 0.15) is 144 Å². The van der Waals surface area contributed by atoms with Crippen LogP contribution in [-0.2, 0) is 0 Å². The second-order valence-corrected chi connectivity index (χ2v) is 12.4. The fraction of sp³-hybridized carbons (Fsp3) is 0.586. The van der Waals surface area contributed by atoms with Gasteiger partial charge in [0.2, 0.25) is 0 Å². The van der Waals surface area contributed by atoms with Crippen molar-refractivity contribution in [1.29, 1.82) is 0 Å². The maximum absolute atomic E-state index is 5.18. The first-order valence-electron chi connectivity index (χ1n) is 13.0. The summed E-state index contributed by atoms with van der Waals surface area (Å²) in [6, 6.07) is 6.44. The zero-order chi connectivity index (χ0) is 25.9. The highest BCUT2D eigenvalue weighted by Crippen LogP contribution is 2.35. The number of benzene rings is 1. The van der Waals surface area contributed by atoms with Crippen LogP contribution in [0.2, 0.25) is 0 Å². The van der Waals surface area contributed by atoms with E-state index in [1.807, 2.05) is 6.20 Å². The molecule has 2 aromatic heterocycles. The van der Waals surface area contributed by atoms with Crippen LogP contribution in [0.25, 0.3) is 11.0 Å². The summed E-state index contributed by atoms with van der Waals surface area (Å²) in [5, 5.41) is 0.314. The zero-order valence-corrected chi connectivity index (χ0v) is 24.5. The summed E-state index contributed by atoms with van der Waals surface area (Å²) in [5.41, 5.74) is 8.81. The van der Waals surface area contributed by atoms with E-state index in [9.17, 15) is 0 Å². The van der Waals surface area contributed by atoms with Crippen LogP contribution < -0.4 is 0 Å². The van der Waals surface area contributed by atoms with Gasteiger partial charge in [-0.15, -0.1) is 11.7 Å². The Labute approximate surface area is 221 Å². The highest BCUT2D eigenvalue weighted by Gasteiger charge is 2.22. The Hall–Kier alpha value is -1.66. The van der Waals surface area contributed by atoms with Gasteiger partial charge in [0, 0.05) is 23.3 Å². The van der Waals surface area contributed by atoms with E-state index < -0.39 is 0 Å². The van der Waals surface area contributed by atoms with Crippen LogP contribution in [0.3, 0.4) is 0 Å². The quantitative estimate of drug-likeness (QED) is 0.218. The molecule has 0 bridgehead atoms. The second-order valence-electron chi connectivity index (χ2n) is 10.9. The van der Waals surface area contributed by atoms with Crippen molar-refractivity contribution in [3.63, 3.8) is 0 Å². The monoisotopic (exact) mass is 510 g/mol. The summed E-state index contributed by atoms with van der Waals surface area (Å²) >= 11 is 4.40. The van der Waals surface area contributed by atoms with Gasteiger partial charge < -0.3 is 0 Å². The van der Waals surface area contributed by atoms with E-state index in [0.29, 0.717) is 34.8 Å². The molecule has 35 heavy (non-hydrogen) atoms. The standard InChI is InChI=1S/C29H42N4S2/c1-16(2)25-15-30-26(17(3)4)28(33-25)19(7)10-11-20(8)29-27(18(5)6)31-23-13-12-22(21(9)35-34)14-24(23)32-29/h12-21,34H,10-11H2,1-9H3. The highest BCUT2D eigenvalue weighted by atomic mass is 33.1. The average molecular weight is 511 g/mol. The molecule has 0 saturated heterocycles. The fourth-order valence-electron chi connectivity index (χ4n) is 4.49.